The molecule has 0 amide bonds. The van der Waals surface area contributed by atoms with Crippen LogP contribution in [-0.2, 0) is 16.0 Å². The number of anilines is 1. The fourth-order valence-corrected chi connectivity index (χ4v) is 1.61. The van der Waals surface area contributed by atoms with E-state index in [2.05, 4.69) is 15.3 Å². The smallest absolute Gasteiger partial charge is 0.306 e. The first kappa shape index (κ1) is 15.3. The molecule has 0 radical (unpaired) electrons. The van der Waals surface area contributed by atoms with E-state index >= 15 is 0 Å². The van der Waals surface area contributed by atoms with E-state index in [4.69, 9.17) is 9.84 Å². The van der Waals surface area contributed by atoms with Crippen molar-refractivity contribution in [1.82, 2.24) is 9.97 Å². The average molecular weight is 271 g/mol. The highest BCUT2D eigenvalue weighted by molar-refractivity contribution is 5.67. The van der Waals surface area contributed by atoms with Gasteiger partial charge in [0.05, 0.1) is 18.2 Å². The third kappa shape index (κ3) is 4.78. The Labute approximate surface area is 111 Å². The van der Waals surface area contributed by atoms with Crippen molar-refractivity contribution in [3.8, 4) is 0 Å². The Bertz CT molecular complexity index is 429. The molecule has 0 spiro atoms. The van der Waals surface area contributed by atoms with E-state index in [0.29, 0.717) is 18.7 Å². The second-order valence-electron chi connectivity index (χ2n) is 3.89. The van der Waals surface area contributed by atoms with E-state index in [1.807, 2.05) is 0 Å². The number of carbonyl (C=O) groups is 1. The third-order valence-corrected chi connectivity index (χ3v) is 2.50. The number of halogens is 1. The van der Waals surface area contributed by atoms with Crippen molar-refractivity contribution in [2.45, 2.75) is 32.8 Å². The Morgan fingerprint density at radius 2 is 2.26 bits per heavy atom. The molecule has 106 valence electrons. The molecule has 7 heteroatoms. The Balaban J connectivity index is 2.65. The minimum absolute atomic E-state index is 0.0712. The lowest BCUT2D eigenvalue weighted by Crippen LogP contribution is -2.27. The summed E-state index contributed by atoms with van der Waals surface area (Å²) in [6.07, 6.45) is 1.07. The second kappa shape index (κ2) is 7.63. The van der Waals surface area contributed by atoms with Gasteiger partial charge in [0.15, 0.2) is 11.6 Å². The van der Waals surface area contributed by atoms with E-state index in [0.717, 1.165) is 0 Å². The van der Waals surface area contributed by atoms with Gasteiger partial charge >= 0.3 is 5.97 Å². The number of nitrogens with one attached hydrogen (secondary N) is 1. The Morgan fingerprint density at radius 1 is 1.53 bits per heavy atom. The number of carboxylic acids is 1. The maximum absolute atomic E-state index is 13.8. The van der Waals surface area contributed by atoms with Gasteiger partial charge in [0.1, 0.15) is 6.33 Å². The van der Waals surface area contributed by atoms with Crippen molar-refractivity contribution in [1.29, 1.82) is 0 Å². The zero-order valence-electron chi connectivity index (χ0n) is 11.0. The number of carboxylic acid groups (broad SMARTS) is 1. The van der Waals surface area contributed by atoms with Crippen LogP contribution in [0.5, 0.6) is 0 Å². The van der Waals surface area contributed by atoms with Crippen LogP contribution in [0.15, 0.2) is 6.33 Å². The van der Waals surface area contributed by atoms with Gasteiger partial charge < -0.3 is 15.2 Å². The van der Waals surface area contributed by atoms with Crippen LogP contribution in [0.2, 0.25) is 0 Å². The highest BCUT2D eigenvalue weighted by Gasteiger charge is 2.15. The average Bonchev–Trinajstić information content (AvgIpc) is 2.37. The van der Waals surface area contributed by atoms with Gasteiger partial charge in [0.2, 0.25) is 0 Å². The molecule has 0 aromatic carbocycles. The van der Waals surface area contributed by atoms with Crippen molar-refractivity contribution in [3.63, 3.8) is 0 Å². The summed E-state index contributed by atoms with van der Waals surface area (Å²) < 4.78 is 19.1. The lowest BCUT2D eigenvalue weighted by atomic mass is 10.2. The molecule has 0 saturated carbocycles. The lowest BCUT2D eigenvalue weighted by molar-refractivity contribution is -0.139. The van der Waals surface area contributed by atoms with Crippen molar-refractivity contribution in [2.24, 2.45) is 0 Å². The second-order valence-corrected chi connectivity index (χ2v) is 3.89. The summed E-state index contributed by atoms with van der Waals surface area (Å²) in [6, 6.07) is 0. The van der Waals surface area contributed by atoms with Gasteiger partial charge in [-0.2, -0.15) is 0 Å². The molecule has 1 rings (SSSR count). The number of rotatable bonds is 8. The maximum atomic E-state index is 13.8. The first-order valence-corrected chi connectivity index (χ1v) is 6.15. The van der Waals surface area contributed by atoms with Gasteiger partial charge in [0.25, 0.3) is 0 Å². The molecule has 1 heterocycles. The SMILES string of the molecule is CCOC(CNc1ncnc(CC)c1F)CC(=O)O. The molecule has 0 fully saturated rings. The van der Waals surface area contributed by atoms with E-state index in [9.17, 15) is 9.18 Å². The molecule has 1 atom stereocenters. The fraction of sp³-hybridized carbons (Fsp3) is 0.583. The summed E-state index contributed by atoms with van der Waals surface area (Å²) in [5, 5.41) is 11.5. The van der Waals surface area contributed by atoms with Crippen LogP contribution in [0, 0.1) is 5.82 Å². The highest BCUT2D eigenvalue weighted by atomic mass is 19.1. The summed E-state index contributed by atoms with van der Waals surface area (Å²) in [5.74, 6) is -1.39. The van der Waals surface area contributed by atoms with Gasteiger partial charge in [-0.05, 0) is 13.3 Å². The number of aryl methyl sites for hydroxylation is 1. The van der Waals surface area contributed by atoms with E-state index in [1.54, 1.807) is 13.8 Å². The molecule has 0 aliphatic heterocycles. The number of aliphatic carboxylic acids is 1. The molecule has 0 aliphatic carbocycles. The Kier molecular flexibility index (Phi) is 6.14. The predicted octanol–water partition coefficient (Wildman–Crippen LogP) is 1.47. The molecular weight excluding hydrogens is 253 g/mol. The van der Waals surface area contributed by atoms with Crippen LogP contribution in [0.4, 0.5) is 10.2 Å². The topological polar surface area (TPSA) is 84.3 Å². The summed E-state index contributed by atoms with van der Waals surface area (Å²) in [5.41, 5.74) is 0.323. The van der Waals surface area contributed by atoms with Gasteiger partial charge in [0, 0.05) is 13.2 Å². The number of ether oxygens (including phenoxy) is 1. The van der Waals surface area contributed by atoms with Crippen LogP contribution in [0.3, 0.4) is 0 Å². The number of hydrogen-bond acceptors (Lipinski definition) is 5. The number of nitrogens with zero attached hydrogens (tertiary/aromatic N) is 2. The van der Waals surface area contributed by atoms with E-state index in [-0.39, 0.29) is 18.8 Å². The first-order valence-electron chi connectivity index (χ1n) is 6.15. The van der Waals surface area contributed by atoms with E-state index < -0.39 is 17.9 Å². The Morgan fingerprint density at radius 3 is 2.84 bits per heavy atom. The van der Waals surface area contributed by atoms with Crippen LogP contribution >= 0.6 is 0 Å². The molecule has 6 nitrogen and oxygen atoms in total. The minimum Gasteiger partial charge on any atom is -0.481 e. The van der Waals surface area contributed by atoms with E-state index in [1.165, 1.54) is 6.33 Å². The van der Waals surface area contributed by atoms with Crippen LogP contribution in [0.1, 0.15) is 26.0 Å². The largest absolute Gasteiger partial charge is 0.481 e. The molecule has 0 bridgehead atoms. The normalized spacial score (nSPS) is 12.2. The molecule has 1 aromatic heterocycles. The molecule has 2 N–H and O–H groups in total. The molecule has 0 aliphatic rings. The zero-order valence-corrected chi connectivity index (χ0v) is 11.0. The maximum Gasteiger partial charge on any atom is 0.306 e. The Hall–Kier alpha value is -1.76. The van der Waals surface area contributed by atoms with Gasteiger partial charge in [-0.3, -0.25) is 4.79 Å². The predicted molar refractivity (Wildman–Crippen MR) is 67.5 cm³/mol. The van der Waals surface area contributed by atoms with Gasteiger partial charge in [-0.15, -0.1) is 0 Å². The quantitative estimate of drug-likeness (QED) is 0.745. The number of aromatic nitrogens is 2. The van der Waals surface area contributed by atoms with Gasteiger partial charge in [-0.25, -0.2) is 14.4 Å². The zero-order chi connectivity index (χ0) is 14.3. The van der Waals surface area contributed by atoms with Crippen molar-refractivity contribution in [3.05, 3.63) is 17.8 Å². The molecule has 0 saturated heterocycles. The highest BCUT2D eigenvalue weighted by Crippen LogP contribution is 2.13. The standard InChI is InChI=1S/C12H18FN3O3/c1-3-9-11(13)12(16-7-15-9)14-6-8(19-4-2)5-10(17)18/h7-8H,3-6H2,1-2H3,(H,17,18)(H,14,15,16). The summed E-state index contributed by atoms with van der Waals surface area (Å²) >= 11 is 0. The van der Waals surface area contributed by atoms with Crippen LogP contribution in [0.25, 0.3) is 0 Å². The van der Waals surface area contributed by atoms with Crippen molar-refractivity contribution < 1.29 is 19.0 Å². The van der Waals surface area contributed by atoms with Crippen molar-refractivity contribution >= 4 is 11.8 Å². The summed E-state index contributed by atoms with van der Waals surface area (Å²) in [6.45, 7) is 4.14. The molecular formula is C12H18FN3O3. The van der Waals surface area contributed by atoms with Crippen LogP contribution in [-0.4, -0.2) is 40.3 Å². The van der Waals surface area contributed by atoms with Crippen LogP contribution < -0.4 is 5.32 Å². The first-order chi connectivity index (χ1) is 9.08. The summed E-state index contributed by atoms with van der Waals surface area (Å²) in [4.78, 5) is 18.3. The monoisotopic (exact) mass is 271 g/mol. The summed E-state index contributed by atoms with van der Waals surface area (Å²) in [7, 11) is 0. The minimum atomic E-state index is -0.961. The van der Waals surface area contributed by atoms with Gasteiger partial charge in [-0.1, -0.05) is 6.92 Å². The third-order valence-electron chi connectivity index (χ3n) is 2.50. The number of hydrogen-bond donors (Lipinski definition) is 2. The van der Waals surface area contributed by atoms with Crippen molar-refractivity contribution in [2.75, 3.05) is 18.5 Å². The fourth-order valence-electron chi connectivity index (χ4n) is 1.61. The molecule has 19 heavy (non-hydrogen) atoms. The molecule has 1 unspecified atom stereocenters. The molecule has 1 aromatic rings. The lowest BCUT2D eigenvalue weighted by Gasteiger charge is -2.16.